The lowest BCUT2D eigenvalue weighted by molar-refractivity contribution is 0.793. The fourth-order valence-corrected chi connectivity index (χ4v) is 3.43. The molecule has 1 aromatic rings. The van der Waals surface area contributed by atoms with Crippen LogP contribution in [0.3, 0.4) is 0 Å². The molecule has 0 fully saturated rings. The Morgan fingerprint density at radius 1 is 1.16 bits per heavy atom. The lowest BCUT2D eigenvalue weighted by Crippen LogP contribution is -1.99. The predicted molar refractivity (Wildman–Crippen MR) is 86.3 cm³/mol. The molecule has 98 valence electrons. The normalized spacial score (nSPS) is 18.3. The van der Waals surface area contributed by atoms with Gasteiger partial charge in [0.05, 0.1) is 0 Å². The highest BCUT2D eigenvalue weighted by Crippen LogP contribution is 2.41. The number of allylic oxidation sites excluding steroid dienone is 6. The van der Waals surface area contributed by atoms with E-state index in [0.717, 1.165) is 6.42 Å². The van der Waals surface area contributed by atoms with Crippen LogP contribution in [0.25, 0.3) is 0 Å². The molecule has 0 radical (unpaired) electrons. The van der Waals surface area contributed by atoms with Crippen LogP contribution in [0.2, 0.25) is 0 Å². The maximum atomic E-state index is 3.84. The van der Waals surface area contributed by atoms with E-state index in [2.05, 4.69) is 62.1 Å². The van der Waals surface area contributed by atoms with Gasteiger partial charge in [-0.05, 0) is 49.5 Å². The fourth-order valence-electron chi connectivity index (χ4n) is 2.30. The Labute approximate surface area is 120 Å². The van der Waals surface area contributed by atoms with Crippen molar-refractivity contribution in [2.45, 2.75) is 31.1 Å². The first-order chi connectivity index (χ1) is 9.35. The van der Waals surface area contributed by atoms with Crippen LogP contribution in [-0.4, -0.2) is 0 Å². The Kier molecular flexibility index (Phi) is 5.29. The van der Waals surface area contributed by atoms with Crippen molar-refractivity contribution in [3.63, 3.8) is 0 Å². The Morgan fingerprint density at radius 2 is 1.95 bits per heavy atom. The Hall–Kier alpha value is -1.47. The third kappa shape index (κ3) is 3.74. The summed E-state index contributed by atoms with van der Waals surface area (Å²) in [5.41, 5.74) is 2.87. The molecule has 1 heteroatoms. The van der Waals surface area contributed by atoms with E-state index in [9.17, 15) is 0 Å². The summed E-state index contributed by atoms with van der Waals surface area (Å²) in [5, 5.41) is 0. The Balaban J connectivity index is 2.37. The van der Waals surface area contributed by atoms with Gasteiger partial charge in [0.1, 0.15) is 0 Å². The third-order valence-corrected chi connectivity index (χ3v) is 4.36. The average Bonchev–Trinajstić information content (AvgIpc) is 2.44. The van der Waals surface area contributed by atoms with Gasteiger partial charge in [-0.3, -0.25) is 0 Å². The summed E-state index contributed by atoms with van der Waals surface area (Å²) in [6, 6.07) is 10.6. The second kappa shape index (κ2) is 7.20. The monoisotopic (exact) mass is 268 g/mol. The summed E-state index contributed by atoms with van der Waals surface area (Å²) in [6.45, 7) is 5.93. The Morgan fingerprint density at radius 3 is 2.63 bits per heavy atom. The van der Waals surface area contributed by atoms with E-state index in [1.807, 2.05) is 17.8 Å². The van der Waals surface area contributed by atoms with Crippen molar-refractivity contribution in [1.29, 1.82) is 0 Å². The summed E-state index contributed by atoms with van der Waals surface area (Å²) < 4.78 is 0. The zero-order valence-electron chi connectivity index (χ0n) is 11.4. The zero-order valence-corrected chi connectivity index (χ0v) is 12.2. The summed E-state index contributed by atoms with van der Waals surface area (Å²) >= 11 is 1.87. The molecule has 19 heavy (non-hydrogen) atoms. The molecular formula is C18H20S. The highest BCUT2D eigenvalue weighted by atomic mass is 32.2. The standard InChI is InChI=1S/C18H20S/c1-3-9-15-11-8-12-16(10-4-2)18(15)19-17-13-6-5-7-14-17/h3-7,9-10,13-14H,1,8,11-12H2,2H3/b10-4+,15-9+. The maximum absolute atomic E-state index is 3.84. The lowest BCUT2D eigenvalue weighted by Gasteiger charge is -2.21. The van der Waals surface area contributed by atoms with Crippen LogP contribution < -0.4 is 0 Å². The van der Waals surface area contributed by atoms with E-state index in [-0.39, 0.29) is 0 Å². The summed E-state index contributed by atoms with van der Waals surface area (Å²) in [7, 11) is 0. The van der Waals surface area contributed by atoms with E-state index in [0.29, 0.717) is 0 Å². The number of thioether (sulfide) groups is 1. The minimum atomic E-state index is 1.16. The second-order valence-corrected chi connectivity index (χ2v) is 5.63. The molecule has 0 N–H and O–H groups in total. The molecule has 2 rings (SSSR count). The van der Waals surface area contributed by atoms with Crippen molar-refractivity contribution >= 4 is 11.8 Å². The molecule has 0 aliphatic heterocycles. The number of rotatable bonds is 4. The van der Waals surface area contributed by atoms with Crippen LogP contribution in [0, 0.1) is 0 Å². The first-order valence-electron chi connectivity index (χ1n) is 6.76. The number of benzene rings is 1. The molecule has 0 nitrogen and oxygen atoms in total. The van der Waals surface area contributed by atoms with E-state index >= 15 is 0 Å². The first kappa shape index (κ1) is 14.0. The molecule has 1 aliphatic rings. The molecule has 1 aliphatic carbocycles. The quantitative estimate of drug-likeness (QED) is 0.654. The van der Waals surface area contributed by atoms with E-state index in [4.69, 9.17) is 0 Å². The molecule has 0 amide bonds. The smallest absolute Gasteiger partial charge is 0.0186 e. The van der Waals surface area contributed by atoms with Crippen LogP contribution in [0.4, 0.5) is 0 Å². The molecule has 0 saturated heterocycles. The van der Waals surface area contributed by atoms with Crippen LogP contribution in [0.5, 0.6) is 0 Å². The highest BCUT2D eigenvalue weighted by molar-refractivity contribution is 8.03. The largest absolute Gasteiger partial charge is 0.0991 e. The van der Waals surface area contributed by atoms with Gasteiger partial charge in [-0.15, -0.1) is 0 Å². The van der Waals surface area contributed by atoms with Gasteiger partial charge in [0.15, 0.2) is 0 Å². The van der Waals surface area contributed by atoms with Gasteiger partial charge >= 0.3 is 0 Å². The van der Waals surface area contributed by atoms with Gasteiger partial charge in [0.25, 0.3) is 0 Å². The summed E-state index contributed by atoms with van der Waals surface area (Å²) in [4.78, 5) is 2.71. The van der Waals surface area contributed by atoms with Crippen molar-refractivity contribution < 1.29 is 0 Å². The van der Waals surface area contributed by atoms with Crippen molar-refractivity contribution in [2.75, 3.05) is 0 Å². The summed E-state index contributed by atoms with van der Waals surface area (Å²) in [5.74, 6) is 0. The minimum absolute atomic E-state index is 1.16. The summed E-state index contributed by atoms with van der Waals surface area (Å²) in [6.07, 6.45) is 12.0. The lowest BCUT2D eigenvalue weighted by atomic mass is 9.94. The van der Waals surface area contributed by atoms with E-state index < -0.39 is 0 Å². The molecule has 0 aromatic heterocycles. The average molecular weight is 268 g/mol. The molecule has 0 saturated carbocycles. The maximum Gasteiger partial charge on any atom is 0.0186 e. The van der Waals surface area contributed by atoms with Crippen molar-refractivity contribution in [1.82, 2.24) is 0 Å². The van der Waals surface area contributed by atoms with Crippen molar-refractivity contribution in [3.8, 4) is 0 Å². The molecule has 0 atom stereocenters. The molecule has 1 aromatic carbocycles. The topological polar surface area (TPSA) is 0 Å². The Bertz CT molecular complexity index is 518. The second-order valence-electron chi connectivity index (χ2n) is 4.55. The van der Waals surface area contributed by atoms with Crippen LogP contribution >= 0.6 is 11.8 Å². The third-order valence-electron chi connectivity index (χ3n) is 3.13. The molecule has 0 spiro atoms. The number of hydrogen-bond donors (Lipinski definition) is 0. The minimum Gasteiger partial charge on any atom is -0.0991 e. The van der Waals surface area contributed by atoms with Crippen LogP contribution in [-0.2, 0) is 0 Å². The molecular weight excluding hydrogens is 248 g/mol. The molecule has 0 heterocycles. The van der Waals surface area contributed by atoms with E-state index in [1.54, 1.807) is 0 Å². The molecule has 0 bridgehead atoms. The van der Waals surface area contributed by atoms with Gasteiger partial charge in [-0.2, -0.15) is 0 Å². The van der Waals surface area contributed by atoms with Gasteiger partial charge < -0.3 is 0 Å². The van der Waals surface area contributed by atoms with Gasteiger partial charge in [-0.25, -0.2) is 0 Å². The van der Waals surface area contributed by atoms with Crippen molar-refractivity contribution in [3.05, 3.63) is 77.3 Å². The van der Waals surface area contributed by atoms with Crippen LogP contribution in [0.1, 0.15) is 26.2 Å². The number of hydrogen-bond acceptors (Lipinski definition) is 1. The van der Waals surface area contributed by atoms with Gasteiger partial charge in [0, 0.05) is 9.80 Å². The zero-order chi connectivity index (χ0) is 13.5. The molecule has 0 unspecified atom stereocenters. The SMILES string of the molecule is C=C/C=C1\CCCC(/C=C/C)=C1Sc1ccccc1. The van der Waals surface area contributed by atoms with Crippen molar-refractivity contribution in [2.24, 2.45) is 0 Å². The predicted octanol–water partition coefficient (Wildman–Crippen LogP) is 5.91. The first-order valence-corrected chi connectivity index (χ1v) is 7.57. The van der Waals surface area contributed by atoms with Crippen LogP contribution in [0.15, 0.2) is 82.2 Å². The van der Waals surface area contributed by atoms with Gasteiger partial charge in [0.2, 0.25) is 0 Å². The van der Waals surface area contributed by atoms with Gasteiger partial charge in [-0.1, -0.05) is 60.8 Å². The fraction of sp³-hybridized carbons (Fsp3) is 0.222. The van der Waals surface area contributed by atoms with E-state index in [1.165, 1.54) is 33.8 Å². The highest BCUT2D eigenvalue weighted by Gasteiger charge is 2.16.